The molecule has 5 heteroatoms. The van der Waals surface area contributed by atoms with E-state index < -0.39 is 23.8 Å². The van der Waals surface area contributed by atoms with Crippen LogP contribution in [0.3, 0.4) is 0 Å². The monoisotopic (exact) mass is 295 g/mol. The van der Waals surface area contributed by atoms with Crippen LogP contribution >= 0.6 is 0 Å². The Morgan fingerprint density at radius 3 is 2.29 bits per heavy atom. The van der Waals surface area contributed by atoms with Crippen LogP contribution in [0.25, 0.3) is 0 Å². The first-order chi connectivity index (χ1) is 9.97. The van der Waals surface area contributed by atoms with E-state index in [1.165, 1.54) is 24.3 Å². The summed E-state index contributed by atoms with van der Waals surface area (Å²) in [7, 11) is 0. The minimum atomic E-state index is -0.873. The Morgan fingerprint density at radius 1 is 1.00 bits per heavy atom. The molecule has 0 radical (unpaired) electrons. The molecule has 21 heavy (non-hydrogen) atoms. The minimum Gasteiger partial charge on any atom is -0.387 e. The van der Waals surface area contributed by atoms with Crippen LogP contribution < -0.4 is 5.32 Å². The van der Waals surface area contributed by atoms with Gasteiger partial charge in [-0.3, -0.25) is 0 Å². The molecule has 0 saturated heterocycles. The highest BCUT2D eigenvalue weighted by Gasteiger charge is 2.16. The molecule has 0 aromatic heterocycles. The molecule has 0 aliphatic heterocycles. The zero-order valence-electron chi connectivity index (χ0n) is 11.5. The van der Waals surface area contributed by atoms with Gasteiger partial charge in [0.2, 0.25) is 0 Å². The molecule has 2 aromatic carbocycles. The van der Waals surface area contributed by atoms with E-state index in [2.05, 4.69) is 5.32 Å². The van der Waals surface area contributed by atoms with Gasteiger partial charge in [-0.2, -0.15) is 0 Å². The van der Waals surface area contributed by atoms with Crippen LogP contribution in [0.2, 0.25) is 0 Å². The molecule has 112 valence electrons. The van der Waals surface area contributed by atoms with Crippen LogP contribution in [0, 0.1) is 17.5 Å². The Bertz CT molecular complexity index is 601. The number of nitrogens with one attached hydrogen (secondary N) is 1. The summed E-state index contributed by atoms with van der Waals surface area (Å²) in [4.78, 5) is 0. The molecular weight excluding hydrogens is 279 g/mol. The molecular formula is C16H16F3NO. The summed E-state index contributed by atoms with van der Waals surface area (Å²) in [6, 6.07) is 8.32. The lowest BCUT2D eigenvalue weighted by atomic mass is 10.0. The summed E-state index contributed by atoms with van der Waals surface area (Å²) in [5.41, 5.74) is 0.740. The van der Waals surface area contributed by atoms with Gasteiger partial charge >= 0.3 is 0 Å². The van der Waals surface area contributed by atoms with Gasteiger partial charge in [0.05, 0.1) is 6.10 Å². The van der Waals surface area contributed by atoms with E-state index in [1.807, 2.05) is 0 Å². The fourth-order valence-corrected chi connectivity index (χ4v) is 2.01. The van der Waals surface area contributed by atoms with Gasteiger partial charge in [0.1, 0.15) is 17.5 Å². The third kappa shape index (κ3) is 4.06. The quantitative estimate of drug-likeness (QED) is 0.887. The van der Waals surface area contributed by atoms with E-state index >= 15 is 0 Å². The van der Waals surface area contributed by atoms with Crippen molar-refractivity contribution in [3.63, 3.8) is 0 Å². The van der Waals surface area contributed by atoms with Crippen molar-refractivity contribution in [2.45, 2.75) is 25.6 Å². The Morgan fingerprint density at radius 2 is 1.62 bits per heavy atom. The van der Waals surface area contributed by atoms with Crippen molar-refractivity contribution < 1.29 is 18.3 Å². The van der Waals surface area contributed by atoms with Crippen molar-refractivity contribution in [1.82, 2.24) is 5.32 Å². The smallest absolute Gasteiger partial charge is 0.127 e. The first-order valence-electron chi connectivity index (χ1n) is 6.58. The molecule has 0 aliphatic carbocycles. The van der Waals surface area contributed by atoms with Crippen LogP contribution in [0.5, 0.6) is 0 Å². The number of hydrogen-bond acceptors (Lipinski definition) is 2. The summed E-state index contributed by atoms with van der Waals surface area (Å²) in [6.45, 7) is 1.80. The molecule has 2 aromatic rings. The predicted molar refractivity (Wildman–Crippen MR) is 74.0 cm³/mol. The van der Waals surface area contributed by atoms with E-state index in [9.17, 15) is 18.3 Å². The lowest BCUT2D eigenvalue weighted by Gasteiger charge is -2.21. The maximum atomic E-state index is 13.5. The summed E-state index contributed by atoms with van der Waals surface area (Å²) >= 11 is 0. The molecule has 0 spiro atoms. The number of rotatable bonds is 5. The number of aliphatic hydroxyl groups is 1. The maximum absolute atomic E-state index is 13.5. The molecule has 0 amide bonds. The second-order valence-corrected chi connectivity index (χ2v) is 4.90. The summed E-state index contributed by atoms with van der Waals surface area (Å²) in [5, 5.41) is 13.1. The van der Waals surface area contributed by atoms with E-state index in [0.29, 0.717) is 5.56 Å². The molecule has 0 saturated carbocycles. The third-order valence-electron chi connectivity index (χ3n) is 3.31. The molecule has 0 fully saturated rings. The van der Waals surface area contributed by atoms with Gasteiger partial charge in [0, 0.05) is 18.2 Å². The van der Waals surface area contributed by atoms with Gasteiger partial charge < -0.3 is 10.4 Å². The number of halogens is 3. The van der Waals surface area contributed by atoms with Crippen LogP contribution in [-0.4, -0.2) is 11.1 Å². The summed E-state index contributed by atoms with van der Waals surface area (Å²) in [5.74, 6) is -1.40. The molecule has 2 N–H and O–H groups in total. The Balaban J connectivity index is 1.99. The highest BCUT2D eigenvalue weighted by Crippen LogP contribution is 2.18. The average molecular weight is 295 g/mol. The highest BCUT2D eigenvalue weighted by molar-refractivity contribution is 5.21. The molecule has 2 nitrogen and oxygen atoms in total. The fraction of sp³-hybridized carbons (Fsp3) is 0.250. The molecule has 0 heterocycles. The zero-order valence-corrected chi connectivity index (χ0v) is 11.5. The van der Waals surface area contributed by atoms with Gasteiger partial charge in [-0.25, -0.2) is 13.2 Å². The van der Waals surface area contributed by atoms with Gasteiger partial charge in [0.15, 0.2) is 0 Å². The van der Waals surface area contributed by atoms with E-state index in [0.717, 1.165) is 18.2 Å². The van der Waals surface area contributed by atoms with Gasteiger partial charge in [-0.1, -0.05) is 12.1 Å². The van der Waals surface area contributed by atoms with E-state index in [4.69, 9.17) is 0 Å². The number of hydrogen-bond donors (Lipinski definition) is 2. The second kappa shape index (κ2) is 6.74. The zero-order chi connectivity index (χ0) is 15.4. The van der Waals surface area contributed by atoms with Gasteiger partial charge in [-0.05, 0) is 42.8 Å². The van der Waals surface area contributed by atoms with E-state index in [1.54, 1.807) is 6.92 Å². The normalized spacial score (nSPS) is 14.0. The maximum Gasteiger partial charge on any atom is 0.127 e. The first-order valence-corrected chi connectivity index (χ1v) is 6.58. The topological polar surface area (TPSA) is 32.3 Å². The van der Waals surface area contributed by atoms with Gasteiger partial charge in [0.25, 0.3) is 0 Å². The van der Waals surface area contributed by atoms with Crippen molar-refractivity contribution in [1.29, 1.82) is 0 Å². The van der Waals surface area contributed by atoms with Crippen LogP contribution in [0.15, 0.2) is 42.5 Å². The molecule has 0 bridgehead atoms. The Labute approximate surface area is 121 Å². The first kappa shape index (κ1) is 15.5. The van der Waals surface area contributed by atoms with Crippen LogP contribution in [0.4, 0.5) is 13.2 Å². The molecule has 2 unspecified atom stereocenters. The number of aliphatic hydroxyl groups excluding tert-OH is 1. The van der Waals surface area contributed by atoms with Crippen LogP contribution in [0.1, 0.15) is 24.2 Å². The summed E-state index contributed by atoms with van der Waals surface area (Å²) in [6.07, 6.45) is -0.873. The fourth-order valence-electron chi connectivity index (χ4n) is 2.01. The molecule has 0 aliphatic rings. The highest BCUT2D eigenvalue weighted by atomic mass is 19.1. The van der Waals surface area contributed by atoms with Crippen LogP contribution in [-0.2, 0) is 6.54 Å². The standard InChI is InChI=1S/C16H16F3NO/c1-10(16(21)11-2-4-13(17)5-3-11)20-9-12-8-14(18)6-7-15(12)19/h2-8,10,16,20-21H,9H2,1H3. The Hall–Kier alpha value is -1.85. The lowest BCUT2D eigenvalue weighted by molar-refractivity contribution is 0.135. The van der Waals surface area contributed by atoms with Crippen molar-refractivity contribution in [2.75, 3.05) is 0 Å². The largest absolute Gasteiger partial charge is 0.387 e. The number of benzene rings is 2. The summed E-state index contributed by atoms with van der Waals surface area (Å²) < 4.78 is 39.4. The second-order valence-electron chi connectivity index (χ2n) is 4.90. The Kier molecular flexibility index (Phi) is 4.98. The van der Waals surface area contributed by atoms with Crippen molar-refractivity contribution in [2.24, 2.45) is 0 Å². The predicted octanol–water partition coefficient (Wildman–Crippen LogP) is 3.32. The van der Waals surface area contributed by atoms with Crippen molar-refractivity contribution in [3.8, 4) is 0 Å². The van der Waals surface area contributed by atoms with E-state index in [-0.39, 0.29) is 17.9 Å². The lowest BCUT2D eigenvalue weighted by Crippen LogP contribution is -2.32. The third-order valence-corrected chi connectivity index (χ3v) is 3.31. The van der Waals surface area contributed by atoms with Gasteiger partial charge in [-0.15, -0.1) is 0 Å². The van der Waals surface area contributed by atoms with Crippen molar-refractivity contribution in [3.05, 3.63) is 71.0 Å². The molecule has 2 atom stereocenters. The molecule has 2 rings (SSSR count). The van der Waals surface area contributed by atoms with Crippen molar-refractivity contribution >= 4 is 0 Å². The average Bonchev–Trinajstić information content (AvgIpc) is 2.48. The SMILES string of the molecule is CC(NCc1cc(F)ccc1F)C(O)c1ccc(F)cc1. The minimum absolute atomic E-state index is 0.0863.